The van der Waals surface area contributed by atoms with Crippen LogP contribution in [0.4, 0.5) is 5.69 Å². The van der Waals surface area contributed by atoms with Gasteiger partial charge in [0, 0.05) is 13.1 Å². The normalized spacial score (nSPS) is 14.2. The first-order valence-corrected chi connectivity index (χ1v) is 15.2. The highest BCUT2D eigenvalue weighted by atomic mass is 32.2. The van der Waals surface area contributed by atoms with Crippen molar-refractivity contribution in [1.29, 1.82) is 0 Å². The van der Waals surface area contributed by atoms with Gasteiger partial charge in [-0.2, -0.15) is 4.31 Å². The first kappa shape index (κ1) is 27.6. The number of benzene rings is 3. The molecule has 3 aromatic carbocycles. The molecule has 0 aromatic heterocycles. The fourth-order valence-corrected chi connectivity index (χ4v) is 7.02. The lowest BCUT2D eigenvalue weighted by atomic mass is 10.2. The van der Waals surface area contributed by atoms with Crippen molar-refractivity contribution in [2.45, 2.75) is 29.6 Å². The molecule has 1 heterocycles. The summed E-state index contributed by atoms with van der Waals surface area (Å²) in [5, 5.41) is 2.69. The number of nitrogens with zero attached hydrogens (tertiary/aromatic N) is 2. The SMILES string of the molecule is Cc1ccc(S(=O)(=O)N(CC(=O)NCCOc2ccc(S(=O)(=O)N3CCCC3)cc2)c2ccccc2)cc1. The van der Waals surface area contributed by atoms with Gasteiger partial charge in [0.2, 0.25) is 15.9 Å². The summed E-state index contributed by atoms with van der Waals surface area (Å²) in [5.74, 6) is -0.0207. The molecule has 1 fully saturated rings. The first-order valence-electron chi connectivity index (χ1n) is 12.3. The standard InChI is InChI=1S/C27H31N3O6S2/c1-22-9-13-26(14-10-22)38(34,35)30(23-7-3-2-4-8-23)21-27(31)28-17-20-36-24-11-15-25(16-12-24)37(32,33)29-18-5-6-19-29/h2-4,7-16H,5-6,17-21H2,1H3,(H,28,31). The van der Waals surface area contributed by atoms with Gasteiger partial charge in [0.1, 0.15) is 18.9 Å². The molecule has 11 heteroatoms. The van der Waals surface area contributed by atoms with Crippen LogP contribution in [0.5, 0.6) is 5.75 Å². The van der Waals surface area contributed by atoms with Crippen LogP contribution in [0.3, 0.4) is 0 Å². The van der Waals surface area contributed by atoms with E-state index in [-0.39, 0.29) is 22.9 Å². The minimum Gasteiger partial charge on any atom is -0.492 e. The van der Waals surface area contributed by atoms with Crippen molar-refractivity contribution in [2.75, 3.05) is 37.1 Å². The zero-order valence-electron chi connectivity index (χ0n) is 21.1. The zero-order chi connectivity index (χ0) is 27.2. The van der Waals surface area contributed by atoms with Crippen molar-refractivity contribution in [3.05, 3.63) is 84.4 Å². The highest BCUT2D eigenvalue weighted by Crippen LogP contribution is 2.24. The Morgan fingerprint density at radius 2 is 1.47 bits per heavy atom. The molecule has 38 heavy (non-hydrogen) atoms. The Balaban J connectivity index is 1.34. The largest absolute Gasteiger partial charge is 0.492 e. The van der Waals surface area contributed by atoms with Crippen molar-refractivity contribution in [3.63, 3.8) is 0 Å². The number of anilines is 1. The summed E-state index contributed by atoms with van der Waals surface area (Å²) in [6.07, 6.45) is 1.74. The maximum atomic E-state index is 13.4. The van der Waals surface area contributed by atoms with Crippen LogP contribution in [0.1, 0.15) is 18.4 Å². The lowest BCUT2D eigenvalue weighted by Crippen LogP contribution is -2.41. The third-order valence-electron chi connectivity index (χ3n) is 6.16. The second-order valence-electron chi connectivity index (χ2n) is 8.94. The predicted octanol–water partition coefficient (Wildman–Crippen LogP) is 3.17. The molecule has 1 amide bonds. The Labute approximate surface area is 224 Å². The van der Waals surface area contributed by atoms with Crippen LogP contribution in [0.15, 0.2) is 88.7 Å². The molecule has 0 radical (unpaired) electrons. The fourth-order valence-electron chi connectivity index (χ4n) is 4.08. The van der Waals surface area contributed by atoms with Gasteiger partial charge in [-0.25, -0.2) is 16.8 Å². The molecule has 0 aliphatic carbocycles. The smallest absolute Gasteiger partial charge is 0.264 e. The number of sulfonamides is 2. The topological polar surface area (TPSA) is 113 Å². The van der Waals surface area contributed by atoms with E-state index in [4.69, 9.17) is 4.74 Å². The van der Waals surface area contributed by atoms with Crippen molar-refractivity contribution in [2.24, 2.45) is 0 Å². The average Bonchev–Trinajstić information content (AvgIpc) is 3.47. The molecule has 0 bridgehead atoms. The second-order valence-corrected chi connectivity index (χ2v) is 12.7. The fraction of sp³-hybridized carbons (Fsp3) is 0.296. The molecule has 0 saturated carbocycles. The Bertz CT molecular complexity index is 1440. The van der Waals surface area contributed by atoms with E-state index in [1.165, 1.54) is 28.6 Å². The average molecular weight is 558 g/mol. The highest BCUT2D eigenvalue weighted by molar-refractivity contribution is 7.92. The molecule has 1 N–H and O–H groups in total. The van der Waals surface area contributed by atoms with Crippen molar-refractivity contribution < 1.29 is 26.4 Å². The molecule has 0 unspecified atom stereocenters. The predicted molar refractivity (Wildman–Crippen MR) is 145 cm³/mol. The monoisotopic (exact) mass is 557 g/mol. The van der Waals surface area contributed by atoms with E-state index < -0.39 is 32.5 Å². The van der Waals surface area contributed by atoms with Gasteiger partial charge in [0.25, 0.3) is 10.0 Å². The minimum absolute atomic E-state index is 0.0956. The zero-order valence-corrected chi connectivity index (χ0v) is 22.7. The molecule has 9 nitrogen and oxygen atoms in total. The quantitative estimate of drug-likeness (QED) is 0.363. The molecule has 1 aliphatic heterocycles. The number of amides is 1. The van der Waals surface area contributed by atoms with Crippen LogP contribution in [0.25, 0.3) is 0 Å². The van der Waals surface area contributed by atoms with Gasteiger partial charge in [-0.05, 0) is 68.3 Å². The number of hydrogen-bond donors (Lipinski definition) is 1. The van der Waals surface area contributed by atoms with Gasteiger partial charge in [-0.3, -0.25) is 9.10 Å². The molecule has 4 rings (SSSR count). The van der Waals surface area contributed by atoms with E-state index in [1.54, 1.807) is 54.6 Å². The van der Waals surface area contributed by atoms with E-state index in [9.17, 15) is 21.6 Å². The molecule has 1 aliphatic rings. The van der Waals surface area contributed by atoms with Gasteiger partial charge < -0.3 is 10.1 Å². The molecule has 202 valence electrons. The summed E-state index contributed by atoms with van der Waals surface area (Å²) in [6, 6.07) is 21.1. The lowest BCUT2D eigenvalue weighted by molar-refractivity contribution is -0.119. The lowest BCUT2D eigenvalue weighted by Gasteiger charge is -2.24. The number of nitrogens with one attached hydrogen (secondary N) is 1. The Morgan fingerprint density at radius 3 is 2.11 bits per heavy atom. The van der Waals surface area contributed by atoms with Crippen molar-refractivity contribution in [3.8, 4) is 5.75 Å². The summed E-state index contributed by atoms with van der Waals surface area (Å²) in [6.45, 7) is 2.80. The van der Waals surface area contributed by atoms with E-state index in [2.05, 4.69) is 5.32 Å². The van der Waals surface area contributed by atoms with E-state index in [0.717, 1.165) is 22.7 Å². The number of hydrogen-bond acceptors (Lipinski definition) is 6. The minimum atomic E-state index is -3.97. The molecular weight excluding hydrogens is 526 g/mol. The molecule has 3 aromatic rings. The van der Waals surface area contributed by atoms with Crippen LogP contribution in [0, 0.1) is 6.92 Å². The van der Waals surface area contributed by atoms with Gasteiger partial charge in [0.05, 0.1) is 22.0 Å². The van der Waals surface area contributed by atoms with Crippen LogP contribution in [-0.4, -0.2) is 59.8 Å². The molecule has 0 spiro atoms. The van der Waals surface area contributed by atoms with Crippen molar-refractivity contribution >= 4 is 31.6 Å². The van der Waals surface area contributed by atoms with Crippen molar-refractivity contribution in [1.82, 2.24) is 9.62 Å². The van der Waals surface area contributed by atoms with Crippen LogP contribution in [0.2, 0.25) is 0 Å². The summed E-state index contributed by atoms with van der Waals surface area (Å²) in [4.78, 5) is 13.0. The highest BCUT2D eigenvalue weighted by Gasteiger charge is 2.28. The Kier molecular flexibility index (Phi) is 8.70. The maximum absolute atomic E-state index is 13.4. The van der Waals surface area contributed by atoms with Crippen LogP contribution in [-0.2, 0) is 24.8 Å². The summed E-state index contributed by atoms with van der Waals surface area (Å²) in [5.41, 5.74) is 1.30. The maximum Gasteiger partial charge on any atom is 0.264 e. The first-order chi connectivity index (χ1) is 18.2. The number of rotatable bonds is 11. The van der Waals surface area contributed by atoms with Gasteiger partial charge >= 0.3 is 0 Å². The van der Waals surface area contributed by atoms with Crippen LogP contribution < -0.4 is 14.4 Å². The third-order valence-corrected chi connectivity index (χ3v) is 9.86. The number of carbonyl (C=O) groups is 1. The van der Waals surface area contributed by atoms with Crippen LogP contribution >= 0.6 is 0 Å². The second kappa shape index (κ2) is 12.0. The van der Waals surface area contributed by atoms with E-state index in [1.807, 2.05) is 6.92 Å². The summed E-state index contributed by atoms with van der Waals surface area (Å²) in [7, 11) is -7.47. The number of para-hydroxylation sites is 1. The molecule has 1 saturated heterocycles. The summed E-state index contributed by atoms with van der Waals surface area (Å²) < 4.78 is 60.2. The van der Waals surface area contributed by atoms with E-state index >= 15 is 0 Å². The number of carbonyl (C=O) groups excluding carboxylic acids is 1. The Morgan fingerprint density at radius 1 is 0.868 bits per heavy atom. The van der Waals surface area contributed by atoms with E-state index in [0.29, 0.717) is 24.5 Å². The molecule has 0 atom stereocenters. The third kappa shape index (κ3) is 6.53. The number of ether oxygens (including phenoxy) is 1. The van der Waals surface area contributed by atoms with Gasteiger partial charge in [0.15, 0.2) is 0 Å². The number of aryl methyl sites for hydroxylation is 1. The van der Waals surface area contributed by atoms with Gasteiger partial charge in [-0.15, -0.1) is 0 Å². The van der Waals surface area contributed by atoms with Gasteiger partial charge in [-0.1, -0.05) is 35.9 Å². The summed E-state index contributed by atoms with van der Waals surface area (Å²) >= 11 is 0. The molecular formula is C27H31N3O6S2. The Hall–Kier alpha value is -3.41.